The van der Waals surface area contributed by atoms with Gasteiger partial charge in [-0.15, -0.1) is 0 Å². The minimum Gasteiger partial charge on any atom is -0.365 e. The Morgan fingerprint density at radius 1 is 1.13 bits per heavy atom. The average molecular weight is 504 g/mol. The lowest BCUT2D eigenvalue weighted by Crippen LogP contribution is -2.61. The average Bonchev–Trinajstić information content (AvgIpc) is 2.62. The first-order valence-electron chi connectivity index (χ1n) is 9.86. The molecule has 0 spiro atoms. The van der Waals surface area contributed by atoms with Crippen molar-refractivity contribution in [3.63, 3.8) is 0 Å². The van der Waals surface area contributed by atoms with Crippen LogP contribution in [0, 0.1) is 5.82 Å². The van der Waals surface area contributed by atoms with Crippen LogP contribution in [0.4, 0.5) is 35.0 Å². The summed E-state index contributed by atoms with van der Waals surface area (Å²) in [5.74, 6) is -0.593. The number of likely N-dealkylation sites (tertiary alicyclic amines) is 1. The van der Waals surface area contributed by atoms with E-state index in [0.29, 0.717) is 0 Å². The van der Waals surface area contributed by atoms with Crippen molar-refractivity contribution in [3.05, 3.63) is 40.2 Å². The molecule has 2 aromatic rings. The van der Waals surface area contributed by atoms with E-state index in [9.17, 15) is 17.6 Å². The monoisotopic (exact) mass is 503 g/mol. The van der Waals surface area contributed by atoms with Gasteiger partial charge in [-0.05, 0) is 65.8 Å². The number of piperidine rings is 1. The molecule has 1 aliphatic heterocycles. The largest absolute Gasteiger partial charge is 0.417 e. The number of aromatic nitrogens is 2. The first kappa shape index (κ1) is 23.7. The molecule has 0 saturated carbocycles. The van der Waals surface area contributed by atoms with Crippen molar-refractivity contribution in [3.8, 4) is 0 Å². The zero-order valence-corrected chi connectivity index (χ0v) is 19.6. The van der Waals surface area contributed by atoms with E-state index in [0.717, 1.165) is 25.1 Å². The smallest absolute Gasteiger partial charge is 0.365 e. The molecule has 2 N–H and O–H groups in total. The maximum atomic E-state index is 14.4. The van der Waals surface area contributed by atoms with Gasteiger partial charge in [-0.25, -0.2) is 9.37 Å². The number of halogens is 5. The number of hydrogen-bond acceptors (Lipinski definition) is 5. The van der Waals surface area contributed by atoms with E-state index >= 15 is 0 Å². The Balaban J connectivity index is 1.82. The summed E-state index contributed by atoms with van der Waals surface area (Å²) < 4.78 is 53.8. The number of benzene rings is 1. The Morgan fingerprint density at radius 2 is 1.74 bits per heavy atom. The summed E-state index contributed by atoms with van der Waals surface area (Å²) in [7, 11) is 2.08. The molecule has 5 nitrogen and oxygen atoms in total. The third-order valence-electron chi connectivity index (χ3n) is 5.92. The van der Waals surface area contributed by atoms with Crippen LogP contribution < -0.4 is 10.6 Å². The van der Waals surface area contributed by atoms with Crippen molar-refractivity contribution in [1.29, 1.82) is 0 Å². The van der Waals surface area contributed by atoms with Crippen LogP contribution in [0.5, 0.6) is 0 Å². The highest BCUT2D eigenvalue weighted by Crippen LogP contribution is 2.39. The van der Waals surface area contributed by atoms with E-state index < -0.39 is 17.6 Å². The van der Waals surface area contributed by atoms with Crippen molar-refractivity contribution in [2.45, 2.75) is 63.8 Å². The molecule has 10 heteroatoms. The molecule has 1 fully saturated rings. The minimum absolute atomic E-state index is 0.00537. The molecule has 170 valence electrons. The van der Waals surface area contributed by atoms with Gasteiger partial charge in [0.1, 0.15) is 0 Å². The minimum atomic E-state index is -4.51. The van der Waals surface area contributed by atoms with Gasteiger partial charge in [0.2, 0.25) is 5.95 Å². The molecule has 0 amide bonds. The van der Waals surface area contributed by atoms with Crippen molar-refractivity contribution in [1.82, 2.24) is 14.9 Å². The first-order chi connectivity index (χ1) is 14.2. The summed E-state index contributed by atoms with van der Waals surface area (Å²) >= 11 is 2.91. The van der Waals surface area contributed by atoms with E-state index in [1.807, 2.05) is 0 Å². The van der Waals surface area contributed by atoms with Crippen molar-refractivity contribution in [2.24, 2.45) is 0 Å². The molecule has 1 aromatic carbocycles. The van der Waals surface area contributed by atoms with Crippen LogP contribution in [0.2, 0.25) is 0 Å². The van der Waals surface area contributed by atoms with Gasteiger partial charge < -0.3 is 10.6 Å². The summed E-state index contributed by atoms with van der Waals surface area (Å²) in [6.07, 6.45) is -1.95. The maximum absolute atomic E-state index is 14.4. The van der Waals surface area contributed by atoms with Crippen LogP contribution >= 0.6 is 15.9 Å². The topological polar surface area (TPSA) is 53.1 Å². The molecule has 0 unspecified atom stereocenters. The summed E-state index contributed by atoms with van der Waals surface area (Å²) in [6, 6.07) is 3.67. The summed E-state index contributed by atoms with van der Waals surface area (Å²) in [5.41, 5.74) is -0.881. The molecule has 31 heavy (non-hydrogen) atoms. The molecule has 2 heterocycles. The zero-order valence-electron chi connectivity index (χ0n) is 18.0. The number of anilines is 3. The molecular formula is C21H26BrF4N5. The van der Waals surface area contributed by atoms with Crippen LogP contribution in [0.25, 0.3) is 0 Å². The first-order valence-corrected chi connectivity index (χ1v) is 10.7. The van der Waals surface area contributed by atoms with Gasteiger partial charge in [-0.2, -0.15) is 18.2 Å². The lowest BCUT2D eigenvalue weighted by Gasteiger charge is -2.53. The van der Waals surface area contributed by atoms with E-state index in [4.69, 9.17) is 0 Å². The third kappa shape index (κ3) is 5.28. The van der Waals surface area contributed by atoms with Gasteiger partial charge in [-0.3, -0.25) is 4.90 Å². The number of hydrogen-bond donors (Lipinski definition) is 2. The van der Waals surface area contributed by atoms with Gasteiger partial charge in [-0.1, -0.05) is 15.9 Å². The molecule has 1 saturated heterocycles. The molecule has 3 rings (SSSR count). The summed E-state index contributed by atoms with van der Waals surface area (Å²) in [6.45, 7) is 8.55. The molecule has 1 aromatic heterocycles. The second-order valence-electron chi connectivity index (χ2n) is 9.14. The van der Waals surface area contributed by atoms with Crippen LogP contribution in [-0.4, -0.2) is 39.0 Å². The molecule has 0 atom stereocenters. The van der Waals surface area contributed by atoms with Crippen molar-refractivity contribution >= 4 is 33.4 Å². The zero-order chi connectivity index (χ0) is 23.2. The second-order valence-corrected chi connectivity index (χ2v) is 10.00. The van der Waals surface area contributed by atoms with Crippen molar-refractivity contribution < 1.29 is 17.6 Å². The van der Waals surface area contributed by atoms with Crippen LogP contribution in [0.15, 0.2) is 28.9 Å². The SMILES string of the molecule is CN1C(C)(C)CC(Nc2nc(Nc3ccc(Br)c(C(F)(F)F)c3)ncc2F)CC1(C)C. The number of alkyl halides is 3. The highest BCUT2D eigenvalue weighted by Gasteiger charge is 2.43. The van der Waals surface area contributed by atoms with Gasteiger partial charge in [0.25, 0.3) is 0 Å². The number of nitrogens with one attached hydrogen (secondary N) is 2. The Hall–Kier alpha value is -1.94. The molecule has 1 aliphatic rings. The standard InChI is InChI=1S/C21H26BrF4N5/c1-19(2)9-13(10-20(3,4)31(19)5)28-17-16(23)11-27-18(30-17)29-12-6-7-15(22)14(8-12)21(24,25)26/h6-8,11,13H,9-10H2,1-5H3,(H2,27,28,29,30). The summed E-state index contributed by atoms with van der Waals surface area (Å²) in [4.78, 5) is 10.4. The highest BCUT2D eigenvalue weighted by atomic mass is 79.9. The Kier molecular flexibility index (Phi) is 6.27. The lowest BCUT2D eigenvalue weighted by molar-refractivity contribution is -0.138. The van der Waals surface area contributed by atoms with Crippen LogP contribution in [0.3, 0.4) is 0 Å². The number of rotatable bonds is 4. The third-order valence-corrected chi connectivity index (χ3v) is 6.61. The fourth-order valence-electron chi connectivity index (χ4n) is 4.14. The lowest BCUT2D eigenvalue weighted by atomic mass is 9.77. The van der Waals surface area contributed by atoms with Gasteiger partial charge in [0, 0.05) is 27.3 Å². The van der Waals surface area contributed by atoms with Gasteiger partial charge in [0.15, 0.2) is 11.6 Å². The fourth-order valence-corrected chi connectivity index (χ4v) is 4.62. The van der Waals surface area contributed by atoms with Crippen LogP contribution in [-0.2, 0) is 6.18 Å². The normalized spacial score (nSPS) is 19.3. The van der Waals surface area contributed by atoms with E-state index in [1.54, 1.807) is 0 Å². The van der Waals surface area contributed by atoms with Crippen molar-refractivity contribution in [2.75, 3.05) is 17.7 Å². The van der Waals surface area contributed by atoms with E-state index in [2.05, 4.69) is 76.2 Å². The quantitative estimate of drug-likeness (QED) is 0.486. The van der Waals surface area contributed by atoms with Crippen LogP contribution in [0.1, 0.15) is 46.1 Å². The number of nitrogens with zero attached hydrogens (tertiary/aromatic N) is 3. The molecule has 0 aliphatic carbocycles. The highest BCUT2D eigenvalue weighted by molar-refractivity contribution is 9.10. The molecular weight excluding hydrogens is 478 g/mol. The molecule has 0 bridgehead atoms. The van der Waals surface area contributed by atoms with Gasteiger partial charge in [0.05, 0.1) is 11.8 Å². The Bertz CT molecular complexity index is 943. The molecule has 0 radical (unpaired) electrons. The second kappa shape index (κ2) is 8.20. The Labute approximate surface area is 187 Å². The summed E-state index contributed by atoms with van der Waals surface area (Å²) in [5, 5.41) is 5.90. The maximum Gasteiger partial charge on any atom is 0.417 e. The van der Waals surface area contributed by atoms with Gasteiger partial charge >= 0.3 is 6.18 Å². The predicted molar refractivity (Wildman–Crippen MR) is 117 cm³/mol. The predicted octanol–water partition coefficient (Wildman–Crippen LogP) is 6.20. The fraction of sp³-hybridized carbons (Fsp3) is 0.524. The Morgan fingerprint density at radius 3 is 2.32 bits per heavy atom. The van der Waals surface area contributed by atoms with E-state index in [-0.39, 0.29) is 39.0 Å². The van der Waals surface area contributed by atoms with E-state index in [1.165, 1.54) is 12.1 Å².